The second kappa shape index (κ2) is 5.54. The van der Waals surface area contributed by atoms with E-state index < -0.39 is 0 Å². The van der Waals surface area contributed by atoms with Crippen LogP contribution in [0.25, 0.3) is 21.8 Å². The van der Waals surface area contributed by atoms with Crippen LogP contribution in [0.3, 0.4) is 0 Å². The molecule has 0 aliphatic heterocycles. The molecule has 23 heavy (non-hydrogen) atoms. The SMILES string of the molecule is O=C(Oc1cccc2[nH+]c3ccccc3cc12)c1ccccc1. The molecule has 0 amide bonds. The van der Waals surface area contributed by atoms with Gasteiger partial charge in [0, 0.05) is 17.5 Å². The number of esters is 1. The first-order chi connectivity index (χ1) is 11.3. The smallest absolute Gasteiger partial charge is 0.343 e. The zero-order valence-corrected chi connectivity index (χ0v) is 12.3. The summed E-state index contributed by atoms with van der Waals surface area (Å²) in [6, 6.07) is 24.7. The van der Waals surface area contributed by atoms with Gasteiger partial charge in [0.2, 0.25) is 11.0 Å². The number of pyridine rings is 1. The van der Waals surface area contributed by atoms with Gasteiger partial charge < -0.3 is 4.74 Å². The van der Waals surface area contributed by atoms with Crippen LogP contribution in [-0.4, -0.2) is 5.97 Å². The largest absolute Gasteiger partial charge is 0.422 e. The highest BCUT2D eigenvalue weighted by atomic mass is 16.5. The van der Waals surface area contributed by atoms with Gasteiger partial charge in [-0.2, -0.15) is 0 Å². The highest BCUT2D eigenvalue weighted by Gasteiger charge is 2.14. The minimum absolute atomic E-state index is 0.355. The Morgan fingerprint density at radius 2 is 1.52 bits per heavy atom. The number of para-hydroxylation sites is 1. The van der Waals surface area contributed by atoms with Crippen LogP contribution in [0, 0.1) is 0 Å². The van der Waals surface area contributed by atoms with Gasteiger partial charge in [-0.15, -0.1) is 0 Å². The molecule has 0 saturated carbocycles. The molecule has 4 rings (SSSR count). The van der Waals surface area contributed by atoms with E-state index in [1.54, 1.807) is 12.1 Å². The first-order valence-electron chi connectivity index (χ1n) is 7.42. The minimum Gasteiger partial charge on any atom is -0.422 e. The topological polar surface area (TPSA) is 40.4 Å². The summed E-state index contributed by atoms with van der Waals surface area (Å²) in [5, 5.41) is 1.96. The van der Waals surface area contributed by atoms with Crippen molar-refractivity contribution in [2.24, 2.45) is 0 Å². The van der Waals surface area contributed by atoms with Crippen molar-refractivity contribution in [1.29, 1.82) is 0 Å². The average Bonchev–Trinajstić information content (AvgIpc) is 2.61. The highest BCUT2D eigenvalue weighted by Crippen LogP contribution is 2.26. The third kappa shape index (κ3) is 2.53. The van der Waals surface area contributed by atoms with E-state index in [2.05, 4.69) is 4.98 Å². The van der Waals surface area contributed by atoms with E-state index in [9.17, 15) is 4.79 Å². The lowest BCUT2D eigenvalue weighted by Crippen LogP contribution is -2.10. The molecule has 3 nitrogen and oxygen atoms in total. The summed E-state index contributed by atoms with van der Waals surface area (Å²) in [6.07, 6.45) is 0. The van der Waals surface area contributed by atoms with E-state index in [1.807, 2.05) is 66.7 Å². The molecule has 3 heteroatoms. The average molecular weight is 300 g/mol. The van der Waals surface area contributed by atoms with Crippen molar-refractivity contribution in [3.05, 3.63) is 84.4 Å². The number of H-pyrrole nitrogens is 1. The zero-order valence-electron chi connectivity index (χ0n) is 12.3. The monoisotopic (exact) mass is 300 g/mol. The fourth-order valence-electron chi connectivity index (χ4n) is 2.66. The Morgan fingerprint density at radius 1 is 0.783 bits per heavy atom. The van der Waals surface area contributed by atoms with E-state index >= 15 is 0 Å². The summed E-state index contributed by atoms with van der Waals surface area (Å²) >= 11 is 0. The molecule has 0 atom stereocenters. The fourth-order valence-corrected chi connectivity index (χ4v) is 2.66. The zero-order chi connectivity index (χ0) is 15.6. The van der Waals surface area contributed by atoms with Crippen LogP contribution in [0.2, 0.25) is 0 Å². The number of rotatable bonds is 2. The Labute approximate surface area is 133 Å². The van der Waals surface area contributed by atoms with Crippen molar-refractivity contribution in [2.75, 3.05) is 0 Å². The van der Waals surface area contributed by atoms with Gasteiger partial charge in [0.15, 0.2) is 0 Å². The number of benzene rings is 3. The molecule has 1 N–H and O–H groups in total. The summed E-state index contributed by atoms with van der Waals surface area (Å²) in [7, 11) is 0. The molecular weight excluding hydrogens is 286 g/mol. The molecule has 0 radical (unpaired) electrons. The summed E-state index contributed by atoms with van der Waals surface area (Å²) < 4.78 is 5.60. The molecule has 0 bridgehead atoms. The maximum atomic E-state index is 12.3. The molecule has 1 aromatic heterocycles. The lowest BCUT2D eigenvalue weighted by Gasteiger charge is -2.06. The summed E-state index contributed by atoms with van der Waals surface area (Å²) in [5.74, 6) is 0.199. The van der Waals surface area contributed by atoms with E-state index in [1.165, 1.54) is 0 Å². The molecule has 0 unspecified atom stereocenters. The van der Waals surface area contributed by atoms with Gasteiger partial charge in [0.05, 0.1) is 10.9 Å². The second-order valence-electron chi connectivity index (χ2n) is 5.33. The number of ether oxygens (including phenoxy) is 1. The second-order valence-corrected chi connectivity index (χ2v) is 5.33. The van der Waals surface area contributed by atoms with Crippen LogP contribution in [0.5, 0.6) is 5.75 Å². The van der Waals surface area contributed by atoms with Gasteiger partial charge in [-0.1, -0.05) is 36.4 Å². The Bertz CT molecular complexity index is 1010. The van der Waals surface area contributed by atoms with Crippen LogP contribution in [0.4, 0.5) is 0 Å². The fraction of sp³-hybridized carbons (Fsp3) is 0. The Morgan fingerprint density at radius 3 is 2.39 bits per heavy atom. The first-order valence-corrected chi connectivity index (χ1v) is 7.42. The van der Waals surface area contributed by atoms with Gasteiger partial charge in [0.1, 0.15) is 5.75 Å². The van der Waals surface area contributed by atoms with Gasteiger partial charge >= 0.3 is 5.97 Å². The van der Waals surface area contributed by atoms with Crippen molar-refractivity contribution >= 4 is 27.8 Å². The van der Waals surface area contributed by atoms with E-state index in [0.29, 0.717) is 11.3 Å². The number of aromatic amines is 1. The van der Waals surface area contributed by atoms with Crippen LogP contribution in [-0.2, 0) is 0 Å². The van der Waals surface area contributed by atoms with E-state index in [4.69, 9.17) is 4.74 Å². The van der Waals surface area contributed by atoms with Crippen LogP contribution in [0.1, 0.15) is 10.4 Å². The third-order valence-corrected chi connectivity index (χ3v) is 3.81. The molecule has 0 aliphatic rings. The summed E-state index contributed by atoms with van der Waals surface area (Å²) in [5.41, 5.74) is 2.52. The molecule has 1 heterocycles. The molecule has 0 saturated heterocycles. The normalized spacial score (nSPS) is 10.8. The standard InChI is InChI=1S/C20H13NO2/c22-20(14-7-2-1-3-8-14)23-19-12-6-11-18-16(19)13-15-9-4-5-10-17(15)21-18/h1-13H/p+1. The van der Waals surface area contributed by atoms with Gasteiger partial charge in [-0.05, 0) is 30.3 Å². The number of hydrogen-bond donors (Lipinski definition) is 0. The van der Waals surface area contributed by atoms with Crippen molar-refractivity contribution < 1.29 is 14.5 Å². The Kier molecular flexibility index (Phi) is 3.24. The number of hydrogen-bond acceptors (Lipinski definition) is 2. The third-order valence-electron chi connectivity index (χ3n) is 3.81. The quantitative estimate of drug-likeness (QED) is 0.318. The molecular formula is C20H14NO2+. The molecule has 3 aromatic carbocycles. The molecule has 0 fully saturated rings. The highest BCUT2D eigenvalue weighted by molar-refractivity contribution is 5.96. The molecule has 0 aliphatic carbocycles. The maximum absolute atomic E-state index is 12.3. The summed E-state index contributed by atoms with van der Waals surface area (Å²) in [4.78, 5) is 15.7. The van der Waals surface area contributed by atoms with Crippen LogP contribution >= 0.6 is 0 Å². The number of carbonyl (C=O) groups excluding carboxylic acids is 1. The van der Waals surface area contributed by atoms with Crippen molar-refractivity contribution in [3.8, 4) is 5.75 Å². The van der Waals surface area contributed by atoms with Crippen LogP contribution in [0.15, 0.2) is 78.9 Å². The van der Waals surface area contributed by atoms with Gasteiger partial charge in [-0.25, -0.2) is 9.78 Å². The number of nitrogens with one attached hydrogen (secondary N) is 1. The number of fused-ring (bicyclic) bond motifs is 2. The summed E-state index contributed by atoms with van der Waals surface area (Å²) in [6.45, 7) is 0. The lowest BCUT2D eigenvalue weighted by molar-refractivity contribution is -0.310. The number of aromatic nitrogens is 1. The lowest BCUT2D eigenvalue weighted by atomic mass is 10.1. The maximum Gasteiger partial charge on any atom is 0.343 e. The Hall–Kier alpha value is -3.20. The van der Waals surface area contributed by atoms with Gasteiger partial charge in [0.25, 0.3) is 0 Å². The van der Waals surface area contributed by atoms with Crippen molar-refractivity contribution in [2.45, 2.75) is 0 Å². The molecule has 4 aromatic rings. The van der Waals surface area contributed by atoms with E-state index in [0.717, 1.165) is 21.8 Å². The van der Waals surface area contributed by atoms with Crippen molar-refractivity contribution in [3.63, 3.8) is 0 Å². The first kappa shape index (κ1) is 13.5. The van der Waals surface area contributed by atoms with E-state index in [-0.39, 0.29) is 5.97 Å². The predicted molar refractivity (Wildman–Crippen MR) is 89.4 cm³/mol. The number of carbonyl (C=O) groups is 1. The molecule has 110 valence electrons. The van der Waals surface area contributed by atoms with Gasteiger partial charge in [-0.3, -0.25) is 0 Å². The molecule has 0 spiro atoms. The Balaban J connectivity index is 1.80. The van der Waals surface area contributed by atoms with Crippen LogP contribution < -0.4 is 9.72 Å². The minimum atomic E-state index is -0.355. The van der Waals surface area contributed by atoms with Crippen molar-refractivity contribution in [1.82, 2.24) is 0 Å². The predicted octanol–water partition coefficient (Wildman–Crippen LogP) is 4.03.